The summed E-state index contributed by atoms with van der Waals surface area (Å²) in [4.78, 5) is 30.7. The summed E-state index contributed by atoms with van der Waals surface area (Å²) in [6.07, 6.45) is 2.85. The first-order valence-electron chi connectivity index (χ1n) is 8.92. The van der Waals surface area contributed by atoms with Crippen LogP contribution in [0.3, 0.4) is 0 Å². The number of nitrogens with two attached hydrogens (primary N) is 1. The molecule has 27 heavy (non-hydrogen) atoms. The maximum atomic E-state index is 12.4. The number of likely N-dealkylation sites (tertiary alicyclic amines) is 1. The molecule has 0 atom stereocenters. The van der Waals surface area contributed by atoms with E-state index in [0.29, 0.717) is 31.7 Å². The highest BCUT2D eigenvalue weighted by atomic mass is 35.5. The summed E-state index contributed by atoms with van der Waals surface area (Å²) >= 11 is 1.40. The molecular weight excluding hydrogens is 384 g/mol. The van der Waals surface area contributed by atoms with Crippen LogP contribution in [0.4, 0.5) is 0 Å². The fourth-order valence-corrected chi connectivity index (χ4v) is 3.75. The molecule has 146 valence electrons. The zero-order valence-electron chi connectivity index (χ0n) is 15.1. The summed E-state index contributed by atoms with van der Waals surface area (Å²) in [5, 5.41) is 5.51. The van der Waals surface area contributed by atoms with Crippen LogP contribution in [0, 0.1) is 0 Å². The number of rotatable bonds is 6. The molecule has 2 amide bonds. The zero-order chi connectivity index (χ0) is 18.4. The standard InChI is InChI=1S/C19H24N4O2S.ClH/c20-12-17-22-16(13-26-17)19(25)21-15-8-10-23(11-9-15)18(24)7-6-14-4-2-1-3-5-14;/h1-5,13,15H,6-12,20H2,(H,21,25);1H. The Bertz CT molecular complexity index is 745. The lowest BCUT2D eigenvalue weighted by atomic mass is 10.0. The Balaban J connectivity index is 0.00000261. The first-order chi connectivity index (χ1) is 12.7. The first kappa shape index (κ1) is 21.3. The molecule has 1 saturated heterocycles. The number of piperidine rings is 1. The van der Waals surface area contributed by atoms with Crippen molar-refractivity contribution in [1.82, 2.24) is 15.2 Å². The average Bonchev–Trinajstić information content (AvgIpc) is 3.17. The lowest BCUT2D eigenvalue weighted by Crippen LogP contribution is -2.46. The summed E-state index contributed by atoms with van der Waals surface area (Å²) in [6.45, 7) is 1.72. The van der Waals surface area contributed by atoms with E-state index in [1.165, 1.54) is 16.9 Å². The number of hydrogen-bond acceptors (Lipinski definition) is 5. The molecule has 2 heterocycles. The monoisotopic (exact) mass is 408 g/mol. The number of amides is 2. The number of aryl methyl sites for hydroxylation is 1. The van der Waals surface area contributed by atoms with Gasteiger partial charge in [-0.05, 0) is 24.8 Å². The molecule has 0 unspecified atom stereocenters. The van der Waals surface area contributed by atoms with Gasteiger partial charge in [-0.1, -0.05) is 30.3 Å². The number of hydrogen-bond donors (Lipinski definition) is 2. The van der Waals surface area contributed by atoms with Crippen LogP contribution in [0.25, 0.3) is 0 Å². The molecule has 1 aliphatic heterocycles. The molecule has 0 saturated carbocycles. The number of benzene rings is 1. The van der Waals surface area contributed by atoms with Crippen LogP contribution in [0.2, 0.25) is 0 Å². The highest BCUT2D eigenvalue weighted by Gasteiger charge is 2.24. The van der Waals surface area contributed by atoms with Crippen LogP contribution in [0.15, 0.2) is 35.7 Å². The summed E-state index contributed by atoms with van der Waals surface area (Å²) < 4.78 is 0. The van der Waals surface area contributed by atoms with Crippen LogP contribution in [0.5, 0.6) is 0 Å². The van der Waals surface area contributed by atoms with E-state index in [-0.39, 0.29) is 30.3 Å². The van der Waals surface area contributed by atoms with Crippen LogP contribution >= 0.6 is 23.7 Å². The molecule has 2 aromatic rings. The maximum Gasteiger partial charge on any atom is 0.270 e. The molecule has 8 heteroatoms. The second-order valence-electron chi connectivity index (χ2n) is 6.44. The molecule has 6 nitrogen and oxygen atoms in total. The minimum absolute atomic E-state index is 0. The average molecular weight is 409 g/mol. The first-order valence-corrected chi connectivity index (χ1v) is 9.80. The van der Waals surface area contributed by atoms with Gasteiger partial charge in [0.05, 0.1) is 0 Å². The van der Waals surface area contributed by atoms with Gasteiger partial charge in [-0.15, -0.1) is 23.7 Å². The minimum Gasteiger partial charge on any atom is -0.348 e. The van der Waals surface area contributed by atoms with E-state index in [9.17, 15) is 9.59 Å². The van der Waals surface area contributed by atoms with Gasteiger partial charge in [-0.2, -0.15) is 0 Å². The van der Waals surface area contributed by atoms with Crippen LogP contribution in [-0.4, -0.2) is 40.8 Å². The highest BCUT2D eigenvalue weighted by Crippen LogP contribution is 2.15. The fourth-order valence-electron chi connectivity index (χ4n) is 3.10. The van der Waals surface area contributed by atoms with Crippen LogP contribution < -0.4 is 11.1 Å². The van der Waals surface area contributed by atoms with Gasteiger partial charge < -0.3 is 16.0 Å². The Kier molecular flexibility index (Phi) is 8.22. The third-order valence-electron chi connectivity index (χ3n) is 4.61. The van der Waals surface area contributed by atoms with Crippen molar-refractivity contribution in [3.05, 3.63) is 52.0 Å². The number of halogens is 1. The normalized spacial score (nSPS) is 14.5. The van der Waals surface area contributed by atoms with Gasteiger partial charge in [0.15, 0.2) is 0 Å². The summed E-state index contributed by atoms with van der Waals surface area (Å²) in [7, 11) is 0. The Morgan fingerprint density at radius 3 is 2.56 bits per heavy atom. The Morgan fingerprint density at radius 2 is 1.93 bits per heavy atom. The molecule has 3 N–H and O–H groups in total. The number of aromatic nitrogens is 1. The third-order valence-corrected chi connectivity index (χ3v) is 5.48. The molecule has 0 radical (unpaired) electrons. The highest BCUT2D eigenvalue weighted by molar-refractivity contribution is 7.09. The summed E-state index contributed by atoms with van der Waals surface area (Å²) in [5.41, 5.74) is 7.14. The quantitative estimate of drug-likeness (QED) is 0.768. The lowest BCUT2D eigenvalue weighted by Gasteiger charge is -2.32. The molecule has 0 spiro atoms. The SMILES string of the molecule is Cl.NCc1nc(C(=O)NC2CCN(C(=O)CCc3ccccc3)CC2)cs1. The van der Waals surface area contributed by atoms with Gasteiger partial charge in [0.25, 0.3) is 5.91 Å². The van der Waals surface area contributed by atoms with Crippen molar-refractivity contribution in [3.63, 3.8) is 0 Å². The predicted octanol–water partition coefficient (Wildman–Crippen LogP) is 2.38. The van der Waals surface area contributed by atoms with Gasteiger partial charge in [0, 0.05) is 37.5 Å². The molecule has 1 aromatic carbocycles. The van der Waals surface area contributed by atoms with E-state index in [4.69, 9.17) is 5.73 Å². The van der Waals surface area contributed by atoms with E-state index in [1.54, 1.807) is 5.38 Å². The Hall–Kier alpha value is -1.96. The summed E-state index contributed by atoms with van der Waals surface area (Å²) in [6, 6.07) is 10.1. The van der Waals surface area contributed by atoms with Crippen molar-refractivity contribution >= 4 is 35.6 Å². The smallest absolute Gasteiger partial charge is 0.270 e. The molecule has 1 aromatic heterocycles. The van der Waals surface area contributed by atoms with Crippen molar-refractivity contribution in [3.8, 4) is 0 Å². The third kappa shape index (κ3) is 6.02. The topological polar surface area (TPSA) is 88.3 Å². The molecule has 1 aliphatic rings. The predicted molar refractivity (Wildman–Crippen MR) is 109 cm³/mol. The molecule has 0 bridgehead atoms. The van der Waals surface area contributed by atoms with Crippen molar-refractivity contribution in [2.75, 3.05) is 13.1 Å². The maximum absolute atomic E-state index is 12.4. The molecule has 1 fully saturated rings. The van der Waals surface area contributed by atoms with E-state index in [2.05, 4.69) is 10.3 Å². The van der Waals surface area contributed by atoms with Gasteiger partial charge in [-0.3, -0.25) is 9.59 Å². The molecule has 3 rings (SSSR count). The van der Waals surface area contributed by atoms with Crippen LogP contribution in [0.1, 0.15) is 40.3 Å². The second-order valence-corrected chi connectivity index (χ2v) is 7.39. The van der Waals surface area contributed by atoms with E-state index < -0.39 is 0 Å². The zero-order valence-corrected chi connectivity index (χ0v) is 16.7. The van der Waals surface area contributed by atoms with Crippen molar-refractivity contribution in [2.45, 2.75) is 38.3 Å². The number of thiazole rings is 1. The van der Waals surface area contributed by atoms with Crippen molar-refractivity contribution in [1.29, 1.82) is 0 Å². The van der Waals surface area contributed by atoms with Crippen molar-refractivity contribution < 1.29 is 9.59 Å². The van der Waals surface area contributed by atoms with Gasteiger partial charge in [0.2, 0.25) is 5.91 Å². The van der Waals surface area contributed by atoms with Gasteiger partial charge >= 0.3 is 0 Å². The van der Waals surface area contributed by atoms with Crippen molar-refractivity contribution in [2.24, 2.45) is 5.73 Å². The number of carbonyl (C=O) groups is 2. The Morgan fingerprint density at radius 1 is 1.22 bits per heavy atom. The number of nitrogens with zero attached hydrogens (tertiary/aromatic N) is 2. The summed E-state index contributed by atoms with van der Waals surface area (Å²) in [5.74, 6) is 0.0283. The van der Waals surface area contributed by atoms with Crippen LogP contribution in [-0.2, 0) is 17.8 Å². The number of carbonyl (C=O) groups excluding carboxylic acids is 2. The lowest BCUT2D eigenvalue weighted by molar-refractivity contribution is -0.132. The largest absolute Gasteiger partial charge is 0.348 e. The fraction of sp³-hybridized carbons (Fsp3) is 0.421. The van der Waals surface area contributed by atoms with Gasteiger partial charge in [0.1, 0.15) is 10.7 Å². The molecular formula is C19H25ClN4O2S. The van der Waals surface area contributed by atoms with E-state index >= 15 is 0 Å². The van der Waals surface area contributed by atoms with Gasteiger partial charge in [-0.25, -0.2) is 4.98 Å². The Labute approximate surface area is 169 Å². The second kappa shape index (κ2) is 10.4. The molecule has 0 aliphatic carbocycles. The van der Waals surface area contributed by atoms with E-state index in [1.807, 2.05) is 35.2 Å². The number of nitrogens with one attached hydrogen (secondary N) is 1. The van der Waals surface area contributed by atoms with E-state index in [0.717, 1.165) is 24.3 Å². The minimum atomic E-state index is -0.158.